The van der Waals surface area contributed by atoms with Crippen LogP contribution in [0.3, 0.4) is 0 Å². The largest absolute Gasteiger partial charge is 0.310 e. The molecule has 0 aliphatic heterocycles. The van der Waals surface area contributed by atoms with E-state index in [0.717, 1.165) is 31.4 Å². The number of hydrogen-bond acceptors (Lipinski definition) is 2. The lowest BCUT2D eigenvalue weighted by Crippen LogP contribution is -2.24. The highest BCUT2D eigenvalue weighted by Crippen LogP contribution is 2.25. The minimum atomic E-state index is -0.117. The van der Waals surface area contributed by atoms with Crippen molar-refractivity contribution in [3.8, 4) is 0 Å². The Labute approximate surface area is 124 Å². The van der Waals surface area contributed by atoms with Crippen LogP contribution in [0.5, 0.6) is 0 Å². The van der Waals surface area contributed by atoms with E-state index in [1.54, 1.807) is 12.1 Å². The lowest BCUT2D eigenvalue weighted by atomic mass is 10.0. The van der Waals surface area contributed by atoms with Gasteiger partial charge in [-0.25, -0.2) is 4.39 Å². The van der Waals surface area contributed by atoms with Gasteiger partial charge in [-0.05, 0) is 37.6 Å². The van der Waals surface area contributed by atoms with Gasteiger partial charge >= 0.3 is 0 Å². The second-order valence-electron chi connectivity index (χ2n) is 4.95. The SMILES string of the molecule is CCCNC(Cc1ccc(CC)s1)c1ccccc1F. The number of rotatable bonds is 7. The van der Waals surface area contributed by atoms with Crippen LogP contribution in [0.1, 0.15) is 41.6 Å². The first-order valence-electron chi connectivity index (χ1n) is 7.30. The van der Waals surface area contributed by atoms with Crippen molar-refractivity contribution in [1.29, 1.82) is 0 Å². The Balaban J connectivity index is 2.17. The quantitative estimate of drug-likeness (QED) is 0.777. The van der Waals surface area contributed by atoms with Crippen LogP contribution in [0.15, 0.2) is 36.4 Å². The third-order valence-electron chi connectivity index (χ3n) is 3.39. The van der Waals surface area contributed by atoms with Crippen LogP contribution in [0.4, 0.5) is 4.39 Å². The molecule has 1 unspecified atom stereocenters. The summed E-state index contributed by atoms with van der Waals surface area (Å²) in [6, 6.07) is 11.5. The summed E-state index contributed by atoms with van der Waals surface area (Å²) in [7, 11) is 0. The number of thiophene rings is 1. The zero-order valence-corrected chi connectivity index (χ0v) is 13.0. The lowest BCUT2D eigenvalue weighted by molar-refractivity contribution is 0.499. The highest BCUT2D eigenvalue weighted by Gasteiger charge is 2.16. The van der Waals surface area contributed by atoms with E-state index in [-0.39, 0.29) is 11.9 Å². The number of nitrogens with one attached hydrogen (secondary N) is 1. The number of benzene rings is 1. The van der Waals surface area contributed by atoms with Crippen molar-refractivity contribution in [2.24, 2.45) is 0 Å². The maximum atomic E-state index is 14.0. The molecule has 0 saturated heterocycles. The summed E-state index contributed by atoms with van der Waals surface area (Å²) in [6.45, 7) is 5.20. The summed E-state index contributed by atoms with van der Waals surface area (Å²) < 4.78 is 14.0. The molecule has 0 fully saturated rings. The topological polar surface area (TPSA) is 12.0 Å². The fourth-order valence-electron chi connectivity index (χ4n) is 2.29. The molecule has 1 aromatic heterocycles. The molecule has 0 radical (unpaired) electrons. The summed E-state index contributed by atoms with van der Waals surface area (Å²) >= 11 is 1.83. The van der Waals surface area contributed by atoms with Gasteiger partial charge in [0.1, 0.15) is 5.82 Å². The second kappa shape index (κ2) is 7.55. The van der Waals surface area contributed by atoms with Gasteiger partial charge in [0.05, 0.1) is 0 Å². The first-order chi connectivity index (χ1) is 9.74. The first-order valence-corrected chi connectivity index (χ1v) is 8.11. The Bertz CT molecular complexity index is 535. The molecular weight excluding hydrogens is 269 g/mol. The minimum absolute atomic E-state index is 0.0551. The van der Waals surface area contributed by atoms with Crippen LogP contribution in [0.25, 0.3) is 0 Å². The molecule has 108 valence electrons. The third-order valence-corrected chi connectivity index (χ3v) is 4.64. The fourth-order valence-corrected chi connectivity index (χ4v) is 3.29. The molecule has 0 amide bonds. The smallest absolute Gasteiger partial charge is 0.127 e. The molecule has 0 saturated carbocycles. The second-order valence-corrected chi connectivity index (χ2v) is 6.21. The maximum absolute atomic E-state index is 14.0. The molecule has 2 rings (SSSR count). The van der Waals surface area contributed by atoms with Gasteiger partial charge in [0.25, 0.3) is 0 Å². The van der Waals surface area contributed by atoms with E-state index in [1.807, 2.05) is 23.5 Å². The maximum Gasteiger partial charge on any atom is 0.127 e. The molecule has 1 N–H and O–H groups in total. The van der Waals surface area contributed by atoms with E-state index in [1.165, 1.54) is 9.75 Å². The summed E-state index contributed by atoms with van der Waals surface area (Å²) in [5, 5.41) is 3.47. The normalized spacial score (nSPS) is 12.6. The van der Waals surface area contributed by atoms with Crippen molar-refractivity contribution >= 4 is 11.3 Å². The van der Waals surface area contributed by atoms with E-state index in [2.05, 4.69) is 31.3 Å². The third kappa shape index (κ3) is 3.90. The molecule has 1 atom stereocenters. The van der Waals surface area contributed by atoms with Gasteiger partial charge in [0.2, 0.25) is 0 Å². The van der Waals surface area contributed by atoms with Crippen molar-refractivity contribution in [2.45, 2.75) is 39.2 Å². The van der Waals surface area contributed by atoms with Gasteiger partial charge in [-0.1, -0.05) is 32.0 Å². The lowest BCUT2D eigenvalue weighted by Gasteiger charge is -2.19. The fraction of sp³-hybridized carbons (Fsp3) is 0.412. The van der Waals surface area contributed by atoms with Crippen LogP contribution in [0.2, 0.25) is 0 Å². The number of aryl methyl sites for hydroxylation is 1. The molecule has 0 bridgehead atoms. The van der Waals surface area contributed by atoms with Gasteiger partial charge in [-0.3, -0.25) is 0 Å². The van der Waals surface area contributed by atoms with Crippen LogP contribution < -0.4 is 5.32 Å². The predicted octanol–water partition coefficient (Wildman–Crippen LogP) is 4.73. The van der Waals surface area contributed by atoms with Crippen molar-refractivity contribution in [3.63, 3.8) is 0 Å². The molecule has 0 aliphatic rings. The van der Waals surface area contributed by atoms with E-state index in [0.29, 0.717) is 0 Å². The van der Waals surface area contributed by atoms with Crippen molar-refractivity contribution in [3.05, 3.63) is 57.5 Å². The molecule has 0 aliphatic carbocycles. The zero-order chi connectivity index (χ0) is 14.4. The van der Waals surface area contributed by atoms with Gasteiger partial charge in [-0.15, -0.1) is 11.3 Å². The van der Waals surface area contributed by atoms with Crippen molar-refractivity contribution in [1.82, 2.24) is 5.32 Å². The van der Waals surface area contributed by atoms with Gasteiger partial charge in [0, 0.05) is 27.8 Å². The predicted molar refractivity (Wildman–Crippen MR) is 84.8 cm³/mol. The van der Waals surface area contributed by atoms with Gasteiger partial charge in [0.15, 0.2) is 0 Å². The molecule has 1 aromatic carbocycles. The molecule has 1 heterocycles. The van der Waals surface area contributed by atoms with Gasteiger partial charge < -0.3 is 5.32 Å². The van der Waals surface area contributed by atoms with Crippen LogP contribution in [0, 0.1) is 5.82 Å². The first kappa shape index (κ1) is 15.2. The summed E-state index contributed by atoms with van der Waals surface area (Å²) in [6.07, 6.45) is 2.97. The average molecular weight is 291 g/mol. The zero-order valence-electron chi connectivity index (χ0n) is 12.2. The molecule has 3 heteroatoms. The van der Waals surface area contributed by atoms with E-state index < -0.39 is 0 Å². The van der Waals surface area contributed by atoms with Gasteiger partial charge in [-0.2, -0.15) is 0 Å². The monoisotopic (exact) mass is 291 g/mol. The highest BCUT2D eigenvalue weighted by atomic mass is 32.1. The van der Waals surface area contributed by atoms with Crippen LogP contribution in [-0.2, 0) is 12.8 Å². The van der Waals surface area contributed by atoms with Crippen molar-refractivity contribution < 1.29 is 4.39 Å². The molecule has 1 nitrogen and oxygen atoms in total. The summed E-state index contributed by atoms with van der Waals surface area (Å²) in [4.78, 5) is 2.71. The van der Waals surface area contributed by atoms with E-state index >= 15 is 0 Å². The Morgan fingerprint density at radius 3 is 2.50 bits per heavy atom. The summed E-state index contributed by atoms with van der Waals surface area (Å²) in [5.74, 6) is -0.117. The van der Waals surface area contributed by atoms with E-state index in [4.69, 9.17) is 0 Å². The van der Waals surface area contributed by atoms with E-state index in [9.17, 15) is 4.39 Å². The number of hydrogen-bond donors (Lipinski definition) is 1. The molecule has 20 heavy (non-hydrogen) atoms. The van der Waals surface area contributed by atoms with Crippen LogP contribution in [-0.4, -0.2) is 6.54 Å². The molecule has 2 aromatic rings. The Kier molecular flexibility index (Phi) is 5.74. The molecule has 0 spiro atoms. The Morgan fingerprint density at radius 2 is 1.85 bits per heavy atom. The number of halogens is 1. The molecular formula is C17H22FNS. The Hall–Kier alpha value is -1.19. The Morgan fingerprint density at radius 1 is 1.10 bits per heavy atom. The standard InChI is InChI=1S/C17H22FNS/c1-3-11-19-17(15-7-5-6-8-16(15)18)12-14-10-9-13(4-2)20-14/h5-10,17,19H,3-4,11-12H2,1-2H3. The van der Waals surface area contributed by atoms with Crippen molar-refractivity contribution in [2.75, 3.05) is 6.54 Å². The minimum Gasteiger partial charge on any atom is -0.310 e. The summed E-state index contributed by atoms with van der Waals surface area (Å²) in [5.41, 5.74) is 0.771. The average Bonchev–Trinajstić information content (AvgIpc) is 2.92. The highest BCUT2D eigenvalue weighted by molar-refractivity contribution is 7.11. The van der Waals surface area contributed by atoms with Crippen LogP contribution >= 0.6 is 11.3 Å².